The Balaban J connectivity index is 1.30. The number of benzene rings is 3. The first-order valence-corrected chi connectivity index (χ1v) is 13.7. The third kappa shape index (κ3) is 5.60. The molecule has 1 amide bonds. The number of aromatic nitrogens is 2. The predicted molar refractivity (Wildman–Crippen MR) is 146 cm³/mol. The number of hydrogen-bond donors (Lipinski definition) is 1. The number of imidazole rings is 1. The highest BCUT2D eigenvalue weighted by molar-refractivity contribution is 7.92. The number of nitro benzene ring substituents is 1. The summed E-state index contributed by atoms with van der Waals surface area (Å²) in [6.07, 6.45) is 3.10. The van der Waals surface area contributed by atoms with Crippen LogP contribution in [0.15, 0.2) is 96.3 Å². The minimum Gasteiger partial charge on any atom is -0.368 e. The van der Waals surface area contributed by atoms with Gasteiger partial charge in [-0.15, -0.1) is 0 Å². The number of H-pyrrole nitrogens is 1. The first kappa shape index (κ1) is 25.9. The second-order valence-corrected chi connectivity index (χ2v) is 10.9. The van der Waals surface area contributed by atoms with Gasteiger partial charge in [0.2, 0.25) is 0 Å². The van der Waals surface area contributed by atoms with Crippen molar-refractivity contribution in [3.05, 3.63) is 113 Å². The molecule has 0 bridgehead atoms. The molecule has 0 radical (unpaired) electrons. The van der Waals surface area contributed by atoms with Gasteiger partial charge in [-0.25, -0.2) is 13.4 Å². The highest BCUT2D eigenvalue weighted by atomic mass is 32.2. The van der Waals surface area contributed by atoms with Gasteiger partial charge < -0.3 is 14.8 Å². The van der Waals surface area contributed by atoms with E-state index < -0.39 is 14.9 Å². The number of nitro groups is 1. The Morgan fingerprint density at radius 2 is 1.69 bits per heavy atom. The molecule has 11 nitrogen and oxygen atoms in total. The van der Waals surface area contributed by atoms with Crippen LogP contribution in [0.5, 0.6) is 0 Å². The van der Waals surface area contributed by atoms with Gasteiger partial charge in [0.25, 0.3) is 21.6 Å². The number of rotatable bonds is 8. The van der Waals surface area contributed by atoms with E-state index in [9.17, 15) is 23.3 Å². The zero-order valence-electron chi connectivity index (χ0n) is 20.9. The van der Waals surface area contributed by atoms with Crippen LogP contribution in [-0.2, 0) is 16.6 Å². The number of nitrogens with one attached hydrogen (secondary N) is 1. The number of nitrogens with zero attached hydrogens (tertiary/aromatic N) is 5. The van der Waals surface area contributed by atoms with Crippen molar-refractivity contribution in [2.24, 2.45) is 0 Å². The number of piperazine rings is 1. The maximum absolute atomic E-state index is 13.5. The van der Waals surface area contributed by atoms with E-state index in [2.05, 4.69) is 14.9 Å². The quantitative estimate of drug-likeness (QED) is 0.263. The van der Waals surface area contributed by atoms with Crippen molar-refractivity contribution in [2.75, 3.05) is 35.4 Å². The Labute approximate surface area is 225 Å². The van der Waals surface area contributed by atoms with Gasteiger partial charge >= 0.3 is 0 Å². The molecule has 1 aliphatic heterocycles. The summed E-state index contributed by atoms with van der Waals surface area (Å²) in [6, 6.07) is 21.3. The fourth-order valence-corrected chi connectivity index (χ4v) is 5.96. The minimum atomic E-state index is -3.83. The molecule has 1 N–H and O–H groups in total. The summed E-state index contributed by atoms with van der Waals surface area (Å²) in [5, 5.41) is 11.1. The summed E-state index contributed by atoms with van der Waals surface area (Å²) in [6.45, 7) is 2.14. The summed E-state index contributed by atoms with van der Waals surface area (Å²) in [5.41, 5.74) is 2.24. The molecule has 12 heteroatoms. The molecule has 4 aromatic rings. The lowest BCUT2D eigenvalue weighted by Crippen LogP contribution is -2.48. The molecule has 0 unspecified atom stereocenters. The van der Waals surface area contributed by atoms with Crippen LogP contribution >= 0.6 is 0 Å². The average molecular weight is 547 g/mol. The van der Waals surface area contributed by atoms with Gasteiger partial charge in [0, 0.05) is 55.8 Å². The van der Waals surface area contributed by atoms with E-state index in [1.54, 1.807) is 59.6 Å². The molecule has 0 saturated carbocycles. The van der Waals surface area contributed by atoms with Gasteiger partial charge in [0.1, 0.15) is 0 Å². The van der Waals surface area contributed by atoms with Gasteiger partial charge in [-0.1, -0.05) is 24.3 Å². The summed E-state index contributed by atoms with van der Waals surface area (Å²) >= 11 is 0. The van der Waals surface area contributed by atoms with Crippen molar-refractivity contribution < 1.29 is 18.1 Å². The number of carbonyl (C=O) groups is 1. The van der Waals surface area contributed by atoms with E-state index >= 15 is 0 Å². The van der Waals surface area contributed by atoms with Crippen molar-refractivity contribution in [1.29, 1.82) is 0 Å². The standard InChI is InChI=1S/C27H26N6O5S/c34-27(21-5-4-6-25(17-21)33(35)36)31-15-13-30(14-16-31)23-9-11-24(12-10-23)32(19-22-18-28-20-29-22)39(37,38)26-7-2-1-3-8-26/h1-12,17-18,20H,13-16,19H2,(H,28,29). The molecule has 200 valence electrons. The van der Waals surface area contributed by atoms with Crippen molar-refractivity contribution in [1.82, 2.24) is 14.9 Å². The van der Waals surface area contributed by atoms with Gasteiger partial charge in [0.05, 0.1) is 34.1 Å². The van der Waals surface area contributed by atoms with E-state index in [0.717, 1.165) is 5.69 Å². The molecule has 5 rings (SSSR count). The monoisotopic (exact) mass is 546 g/mol. The Morgan fingerprint density at radius 1 is 0.974 bits per heavy atom. The Kier molecular flexibility index (Phi) is 7.28. The molecule has 0 aliphatic carbocycles. The van der Waals surface area contributed by atoms with E-state index in [4.69, 9.17) is 0 Å². The maximum atomic E-state index is 13.5. The summed E-state index contributed by atoms with van der Waals surface area (Å²) in [4.78, 5) is 34.4. The van der Waals surface area contributed by atoms with Crippen molar-refractivity contribution in [3.8, 4) is 0 Å². The highest BCUT2D eigenvalue weighted by Crippen LogP contribution is 2.28. The molecular formula is C27H26N6O5S. The Morgan fingerprint density at radius 3 is 2.33 bits per heavy atom. The van der Waals surface area contributed by atoms with Crippen LogP contribution in [0.1, 0.15) is 16.1 Å². The molecule has 1 fully saturated rings. The van der Waals surface area contributed by atoms with Crippen LogP contribution in [0.2, 0.25) is 0 Å². The molecule has 3 aromatic carbocycles. The van der Waals surface area contributed by atoms with E-state index in [0.29, 0.717) is 43.1 Å². The Hall–Kier alpha value is -4.71. The fraction of sp³-hybridized carbons (Fsp3) is 0.185. The van der Waals surface area contributed by atoms with Gasteiger partial charge in [0.15, 0.2) is 0 Å². The van der Waals surface area contributed by atoms with Crippen LogP contribution < -0.4 is 9.21 Å². The maximum Gasteiger partial charge on any atom is 0.270 e. The number of anilines is 2. The third-order valence-corrected chi connectivity index (χ3v) is 8.36. The zero-order valence-corrected chi connectivity index (χ0v) is 21.7. The topological polar surface area (TPSA) is 133 Å². The lowest BCUT2D eigenvalue weighted by Gasteiger charge is -2.36. The van der Waals surface area contributed by atoms with Crippen LogP contribution in [0, 0.1) is 10.1 Å². The van der Waals surface area contributed by atoms with Gasteiger partial charge in [-0.3, -0.25) is 19.2 Å². The normalized spacial score (nSPS) is 13.7. The number of carbonyl (C=O) groups excluding carboxylic acids is 1. The SMILES string of the molecule is O=C(c1cccc([N+](=O)[O-])c1)N1CCN(c2ccc(N(Cc3cnc[nH]3)S(=O)(=O)c3ccccc3)cc2)CC1. The van der Waals surface area contributed by atoms with Gasteiger partial charge in [-0.2, -0.15) is 0 Å². The zero-order chi connectivity index (χ0) is 27.4. The minimum absolute atomic E-state index is 0.0923. The number of sulfonamides is 1. The number of aromatic amines is 1. The highest BCUT2D eigenvalue weighted by Gasteiger charge is 2.27. The molecule has 1 aromatic heterocycles. The van der Waals surface area contributed by atoms with Crippen molar-refractivity contribution in [3.63, 3.8) is 0 Å². The second kappa shape index (κ2) is 11.0. The Bertz CT molecular complexity index is 1550. The predicted octanol–water partition coefficient (Wildman–Crippen LogP) is 3.68. The van der Waals surface area contributed by atoms with E-state index in [-0.39, 0.29) is 23.0 Å². The molecule has 1 aliphatic rings. The molecular weight excluding hydrogens is 520 g/mol. The second-order valence-electron chi connectivity index (χ2n) is 9.00. The lowest BCUT2D eigenvalue weighted by atomic mass is 10.1. The smallest absolute Gasteiger partial charge is 0.270 e. The molecule has 39 heavy (non-hydrogen) atoms. The van der Waals surface area contributed by atoms with Crippen LogP contribution in [-0.4, -0.2) is 60.3 Å². The first-order valence-electron chi connectivity index (χ1n) is 12.3. The van der Waals surface area contributed by atoms with Crippen LogP contribution in [0.3, 0.4) is 0 Å². The van der Waals surface area contributed by atoms with Crippen LogP contribution in [0.4, 0.5) is 17.1 Å². The number of hydrogen-bond acceptors (Lipinski definition) is 7. The fourth-order valence-electron chi connectivity index (χ4n) is 4.49. The third-order valence-electron chi connectivity index (χ3n) is 6.57. The summed E-state index contributed by atoms with van der Waals surface area (Å²) < 4.78 is 28.4. The van der Waals surface area contributed by atoms with Gasteiger partial charge in [-0.05, 0) is 42.5 Å². The average Bonchev–Trinajstić information content (AvgIpc) is 3.50. The lowest BCUT2D eigenvalue weighted by molar-refractivity contribution is -0.384. The summed E-state index contributed by atoms with van der Waals surface area (Å²) in [5.74, 6) is -0.241. The first-order chi connectivity index (χ1) is 18.8. The molecule has 0 spiro atoms. The van der Waals surface area contributed by atoms with Crippen LogP contribution in [0.25, 0.3) is 0 Å². The van der Waals surface area contributed by atoms with Crippen molar-refractivity contribution >= 4 is 33.0 Å². The van der Waals surface area contributed by atoms with Crippen molar-refractivity contribution in [2.45, 2.75) is 11.4 Å². The number of amides is 1. The molecule has 2 heterocycles. The molecule has 0 atom stereocenters. The summed E-state index contributed by atoms with van der Waals surface area (Å²) in [7, 11) is -3.83. The largest absolute Gasteiger partial charge is 0.368 e. The van der Waals surface area contributed by atoms with E-state index in [1.807, 2.05) is 12.1 Å². The van der Waals surface area contributed by atoms with E-state index in [1.165, 1.54) is 28.8 Å². The number of non-ortho nitro benzene ring substituents is 1. The molecule has 1 saturated heterocycles.